The van der Waals surface area contributed by atoms with Crippen LogP contribution < -0.4 is 5.32 Å². The van der Waals surface area contributed by atoms with E-state index < -0.39 is 11.7 Å². The van der Waals surface area contributed by atoms with Crippen molar-refractivity contribution in [1.82, 2.24) is 9.78 Å². The summed E-state index contributed by atoms with van der Waals surface area (Å²) in [5, 5.41) is 6.60. The van der Waals surface area contributed by atoms with Gasteiger partial charge in [0.1, 0.15) is 0 Å². The molecular formula is C17H18F3N3O2. The van der Waals surface area contributed by atoms with Crippen molar-refractivity contribution in [3.63, 3.8) is 0 Å². The van der Waals surface area contributed by atoms with Gasteiger partial charge in [0.15, 0.2) is 0 Å². The van der Waals surface area contributed by atoms with Gasteiger partial charge in [-0.2, -0.15) is 18.3 Å². The SMILES string of the molecule is O=C(CCC1CCCO1)Nc1cc(C(F)(F)F)ccc1-n1cccn1. The molecule has 1 aliphatic heterocycles. The molecule has 2 aromatic rings. The zero-order chi connectivity index (χ0) is 17.9. The highest BCUT2D eigenvalue weighted by Gasteiger charge is 2.31. The number of carbonyl (C=O) groups excluding carboxylic acids is 1. The molecule has 1 aromatic heterocycles. The third-order valence-electron chi connectivity index (χ3n) is 4.07. The number of nitrogens with zero attached hydrogens (tertiary/aromatic N) is 2. The summed E-state index contributed by atoms with van der Waals surface area (Å²) in [4.78, 5) is 12.2. The van der Waals surface area contributed by atoms with Gasteiger partial charge in [0, 0.05) is 25.4 Å². The number of hydrogen-bond donors (Lipinski definition) is 1. The van der Waals surface area contributed by atoms with Crippen LogP contribution in [0, 0.1) is 0 Å². The van der Waals surface area contributed by atoms with Gasteiger partial charge < -0.3 is 10.1 Å². The van der Waals surface area contributed by atoms with Crippen molar-refractivity contribution >= 4 is 11.6 Å². The number of carbonyl (C=O) groups is 1. The molecular weight excluding hydrogens is 335 g/mol. The average Bonchev–Trinajstić information content (AvgIpc) is 3.26. The third-order valence-corrected chi connectivity index (χ3v) is 4.07. The molecule has 2 heterocycles. The van der Waals surface area contributed by atoms with Crippen LogP contribution in [0.5, 0.6) is 0 Å². The van der Waals surface area contributed by atoms with Crippen LogP contribution in [0.3, 0.4) is 0 Å². The first-order valence-electron chi connectivity index (χ1n) is 8.06. The standard InChI is InChI=1S/C17H18F3N3O2/c18-17(19,20)12-4-6-15(23-9-2-8-21-23)14(11-12)22-16(24)7-5-13-3-1-10-25-13/h2,4,6,8-9,11,13H,1,3,5,7,10H2,(H,22,24). The summed E-state index contributed by atoms with van der Waals surface area (Å²) in [5.74, 6) is -0.344. The Morgan fingerprint density at radius 3 is 2.88 bits per heavy atom. The molecule has 0 bridgehead atoms. The molecule has 0 aliphatic carbocycles. The van der Waals surface area contributed by atoms with Crippen molar-refractivity contribution in [3.8, 4) is 5.69 Å². The summed E-state index contributed by atoms with van der Waals surface area (Å²) in [5.41, 5.74) is -0.364. The predicted molar refractivity (Wildman–Crippen MR) is 85.4 cm³/mol. The molecule has 1 fully saturated rings. The van der Waals surface area contributed by atoms with Gasteiger partial charge in [-0.25, -0.2) is 4.68 Å². The highest BCUT2D eigenvalue weighted by Crippen LogP contribution is 2.33. The monoisotopic (exact) mass is 353 g/mol. The molecule has 8 heteroatoms. The topological polar surface area (TPSA) is 56.1 Å². The Bertz CT molecular complexity index is 723. The third kappa shape index (κ3) is 4.39. The lowest BCUT2D eigenvalue weighted by Gasteiger charge is -2.15. The first kappa shape index (κ1) is 17.5. The molecule has 0 radical (unpaired) electrons. The van der Waals surface area contributed by atoms with Crippen LogP contribution in [0.15, 0.2) is 36.7 Å². The lowest BCUT2D eigenvalue weighted by atomic mass is 10.1. The maximum Gasteiger partial charge on any atom is 0.416 e. The van der Waals surface area contributed by atoms with E-state index in [4.69, 9.17) is 4.74 Å². The van der Waals surface area contributed by atoms with Crippen molar-refractivity contribution in [3.05, 3.63) is 42.2 Å². The molecule has 1 amide bonds. The van der Waals surface area contributed by atoms with Gasteiger partial charge >= 0.3 is 6.18 Å². The van der Waals surface area contributed by atoms with Gasteiger partial charge in [-0.1, -0.05) is 0 Å². The van der Waals surface area contributed by atoms with Crippen molar-refractivity contribution in [1.29, 1.82) is 0 Å². The zero-order valence-electron chi connectivity index (χ0n) is 13.4. The van der Waals surface area contributed by atoms with Crippen LogP contribution in [0.25, 0.3) is 5.69 Å². The second-order valence-corrected chi connectivity index (χ2v) is 5.90. The van der Waals surface area contributed by atoms with Crippen molar-refractivity contribution in [2.75, 3.05) is 11.9 Å². The lowest BCUT2D eigenvalue weighted by molar-refractivity contribution is -0.137. The van der Waals surface area contributed by atoms with Gasteiger partial charge in [-0.05, 0) is 43.5 Å². The Morgan fingerprint density at radius 2 is 2.24 bits per heavy atom. The number of halogens is 3. The van der Waals surface area contributed by atoms with Gasteiger partial charge in [0.25, 0.3) is 0 Å². The van der Waals surface area contributed by atoms with E-state index in [1.54, 1.807) is 12.3 Å². The van der Waals surface area contributed by atoms with E-state index >= 15 is 0 Å². The van der Waals surface area contributed by atoms with Crippen molar-refractivity contribution in [2.24, 2.45) is 0 Å². The van der Waals surface area contributed by atoms with E-state index in [0.717, 1.165) is 25.0 Å². The van der Waals surface area contributed by atoms with E-state index in [-0.39, 0.29) is 24.1 Å². The first-order chi connectivity index (χ1) is 11.9. The summed E-state index contributed by atoms with van der Waals surface area (Å²) in [7, 11) is 0. The second-order valence-electron chi connectivity index (χ2n) is 5.90. The Morgan fingerprint density at radius 1 is 1.40 bits per heavy atom. The number of amides is 1. The Kier molecular flexibility index (Phi) is 5.08. The summed E-state index contributed by atoms with van der Waals surface area (Å²) in [6, 6.07) is 4.85. The molecule has 1 N–H and O–H groups in total. The maximum absolute atomic E-state index is 13.0. The Balaban J connectivity index is 1.78. The molecule has 5 nitrogen and oxygen atoms in total. The average molecular weight is 353 g/mol. The van der Waals surface area contributed by atoms with E-state index in [1.165, 1.54) is 16.9 Å². The van der Waals surface area contributed by atoms with E-state index in [9.17, 15) is 18.0 Å². The van der Waals surface area contributed by atoms with Gasteiger partial charge in [-0.15, -0.1) is 0 Å². The minimum Gasteiger partial charge on any atom is -0.378 e. The van der Waals surface area contributed by atoms with Crippen molar-refractivity contribution < 1.29 is 22.7 Å². The van der Waals surface area contributed by atoms with Crippen LogP contribution in [0.1, 0.15) is 31.2 Å². The van der Waals surface area contributed by atoms with E-state index in [2.05, 4.69) is 10.4 Å². The molecule has 0 saturated carbocycles. The number of nitrogens with one attached hydrogen (secondary N) is 1. The quantitative estimate of drug-likeness (QED) is 0.890. The summed E-state index contributed by atoms with van der Waals surface area (Å²) >= 11 is 0. The van der Waals surface area contributed by atoms with Crippen LogP contribution in [0.4, 0.5) is 18.9 Å². The minimum atomic E-state index is -4.49. The second kappa shape index (κ2) is 7.26. The molecule has 3 rings (SSSR count). The van der Waals surface area contributed by atoms with Crippen LogP contribution in [-0.2, 0) is 15.7 Å². The largest absolute Gasteiger partial charge is 0.416 e. The maximum atomic E-state index is 13.0. The summed E-state index contributed by atoms with van der Waals surface area (Å²) in [6.07, 6.45) is 1.32. The van der Waals surface area contributed by atoms with Gasteiger partial charge in [-0.3, -0.25) is 4.79 Å². The Hall–Kier alpha value is -2.35. The molecule has 0 spiro atoms. The predicted octanol–water partition coefficient (Wildman–Crippen LogP) is 3.79. The number of anilines is 1. The van der Waals surface area contributed by atoms with Crippen LogP contribution in [-0.4, -0.2) is 28.4 Å². The fourth-order valence-electron chi connectivity index (χ4n) is 2.80. The number of aromatic nitrogens is 2. The zero-order valence-corrected chi connectivity index (χ0v) is 13.4. The van der Waals surface area contributed by atoms with Gasteiger partial charge in [0.05, 0.1) is 23.0 Å². The fourth-order valence-corrected chi connectivity index (χ4v) is 2.80. The molecule has 1 aliphatic rings. The minimum absolute atomic E-state index is 0.0536. The van der Waals surface area contributed by atoms with Crippen LogP contribution >= 0.6 is 0 Å². The number of rotatable bonds is 5. The lowest BCUT2D eigenvalue weighted by Crippen LogP contribution is -2.17. The molecule has 1 aromatic carbocycles. The first-order valence-corrected chi connectivity index (χ1v) is 8.06. The summed E-state index contributed by atoms with van der Waals surface area (Å²) < 4.78 is 45.8. The molecule has 134 valence electrons. The van der Waals surface area contributed by atoms with E-state index in [1.807, 2.05) is 0 Å². The van der Waals surface area contributed by atoms with Crippen molar-refractivity contribution in [2.45, 2.75) is 38.0 Å². The smallest absolute Gasteiger partial charge is 0.378 e. The number of ether oxygens (including phenoxy) is 1. The molecule has 1 atom stereocenters. The molecule has 1 saturated heterocycles. The van der Waals surface area contributed by atoms with E-state index in [0.29, 0.717) is 18.7 Å². The molecule has 25 heavy (non-hydrogen) atoms. The number of benzene rings is 1. The fraction of sp³-hybridized carbons (Fsp3) is 0.412. The Labute approximate surface area is 142 Å². The van der Waals surface area contributed by atoms with Crippen LogP contribution in [0.2, 0.25) is 0 Å². The summed E-state index contributed by atoms with van der Waals surface area (Å²) in [6.45, 7) is 0.698. The normalized spacial score (nSPS) is 17.6. The highest BCUT2D eigenvalue weighted by atomic mass is 19.4. The number of hydrogen-bond acceptors (Lipinski definition) is 3. The highest BCUT2D eigenvalue weighted by molar-refractivity contribution is 5.93. The number of alkyl halides is 3. The molecule has 1 unspecified atom stereocenters. The van der Waals surface area contributed by atoms with Gasteiger partial charge in [0.2, 0.25) is 5.91 Å².